The Balaban J connectivity index is 1.63. The topological polar surface area (TPSA) is 68.7 Å². The minimum Gasteiger partial charge on any atom is -0.493 e. The van der Waals surface area contributed by atoms with Gasteiger partial charge in [0.1, 0.15) is 24.4 Å². The standard InChI is InChI=1S/C25H29F3N4O3/c1-15(17-6-5-7-18(10-17)25(26,27)28)29-24-20-11-23(35-14-19-13-32(3)8-9-34-19)22(33-4)12-21(20)30-16(2)31-24/h5-7,10-12,15,19H,8-9,13-14H2,1-4H3,(H,29,30,31)/t15-,19+/m1/s1. The van der Waals surface area contributed by atoms with Gasteiger partial charge in [0.15, 0.2) is 11.5 Å². The number of hydrogen-bond donors (Lipinski definition) is 1. The van der Waals surface area contributed by atoms with Crippen molar-refractivity contribution in [1.82, 2.24) is 14.9 Å². The fourth-order valence-electron chi connectivity index (χ4n) is 4.06. The van der Waals surface area contributed by atoms with Crippen LogP contribution in [0.3, 0.4) is 0 Å². The average molecular weight is 491 g/mol. The van der Waals surface area contributed by atoms with Gasteiger partial charge in [-0.05, 0) is 44.7 Å². The maximum absolute atomic E-state index is 13.2. The first-order valence-electron chi connectivity index (χ1n) is 11.4. The lowest BCUT2D eigenvalue weighted by molar-refractivity contribution is -0.137. The lowest BCUT2D eigenvalue weighted by Gasteiger charge is -2.30. The minimum atomic E-state index is -4.41. The highest BCUT2D eigenvalue weighted by atomic mass is 19.4. The Labute approximate surface area is 202 Å². The number of alkyl halides is 3. The van der Waals surface area contributed by atoms with Gasteiger partial charge in [-0.25, -0.2) is 9.97 Å². The molecule has 1 aliphatic heterocycles. The number of likely N-dealkylation sites (N-methyl/N-ethyl adjacent to an activating group) is 1. The Morgan fingerprint density at radius 2 is 2.00 bits per heavy atom. The van der Waals surface area contributed by atoms with Gasteiger partial charge in [-0.2, -0.15) is 13.2 Å². The highest BCUT2D eigenvalue weighted by molar-refractivity contribution is 5.92. The highest BCUT2D eigenvalue weighted by Gasteiger charge is 2.30. The van der Waals surface area contributed by atoms with E-state index < -0.39 is 17.8 Å². The number of ether oxygens (including phenoxy) is 3. The molecule has 188 valence electrons. The fraction of sp³-hybridized carbons (Fsp3) is 0.440. The van der Waals surface area contributed by atoms with Crippen LogP contribution < -0.4 is 14.8 Å². The van der Waals surface area contributed by atoms with Crippen molar-refractivity contribution in [2.45, 2.75) is 32.2 Å². The number of nitrogens with one attached hydrogen (secondary N) is 1. The van der Waals surface area contributed by atoms with Crippen molar-refractivity contribution in [1.29, 1.82) is 0 Å². The summed E-state index contributed by atoms with van der Waals surface area (Å²) in [5.74, 6) is 2.06. The quantitative estimate of drug-likeness (QED) is 0.508. The van der Waals surface area contributed by atoms with Gasteiger partial charge in [0, 0.05) is 30.6 Å². The number of benzene rings is 2. The van der Waals surface area contributed by atoms with E-state index in [-0.39, 0.29) is 6.10 Å². The van der Waals surface area contributed by atoms with Crippen LogP contribution >= 0.6 is 0 Å². The Hall–Kier alpha value is -3.11. The number of aromatic nitrogens is 2. The molecule has 2 aromatic carbocycles. The molecule has 4 rings (SSSR count). The van der Waals surface area contributed by atoms with Crippen molar-refractivity contribution in [2.24, 2.45) is 0 Å². The van der Waals surface area contributed by atoms with Crippen LogP contribution in [-0.2, 0) is 10.9 Å². The molecule has 10 heteroatoms. The molecule has 0 spiro atoms. The van der Waals surface area contributed by atoms with Crippen LogP contribution in [0.25, 0.3) is 10.9 Å². The average Bonchev–Trinajstić information content (AvgIpc) is 2.81. The van der Waals surface area contributed by atoms with E-state index in [9.17, 15) is 13.2 Å². The van der Waals surface area contributed by atoms with E-state index in [4.69, 9.17) is 14.2 Å². The number of aryl methyl sites for hydroxylation is 1. The number of morpholine rings is 1. The van der Waals surface area contributed by atoms with Crippen LogP contribution in [0.2, 0.25) is 0 Å². The first-order chi connectivity index (χ1) is 16.6. The van der Waals surface area contributed by atoms with E-state index in [2.05, 4.69) is 20.2 Å². The van der Waals surface area contributed by atoms with E-state index >= 15 is 0 Å². The van der Waals surface area contributed by atoms with Crippen molar-refractivity contribution >= 4 is 16.7 Å². The van der Waals surface area contributed by atoms with Gasteiger partial charge in [0.05, 0.1) is 24.8 Å². The number of hydrogen-bond acceptors (Lipinski definition) is 7. The summed E-state index contributed by atoms with van der Waals surface area (Å²) in [7, 11) is 3.59. The SMILES string of the molecule is COc1cc2nc(C)nc(N[C@H](C)c3cccc(C(F)(F)F)c3)c2cc1OC[C@@H]1CN(C)CCO1. The molecule has 3 aromatic rings. The van der Waals surface area contributed by atoms with Gasteiger partial charge in [0.25, 0.3) is 0 Å². The monoisotopic (exact) mass is 490 g/mol. The Morgan fingerprint density at radius 1 is 1.20 bits per heavy atom. The Morgan fingerprint density at radius 3 is 2.71 bits per heavy atom. The molecular formula is C25H29F3N4O3. The van der Waals surface area contributed by atoms with Gasteiger partial charge in [-0.15, -0.1) is 0 Å². The second-order valence-corrected chi connectivity index (χ2v) is 8.69. The van der Waals surface area contributed by atoms with E-state index in [0.717, 1.165) is 25.2 Å². The number of halogens is 3. The van der Waals surface area contributed by atoms with Crippen LogP contribution in [0.5, 0.6) is 11.5 Å². The van der Waals surface area contributed by atoms with Crippen LogP contribution in [0.4, 0.5) is 19.0 Å². The molecule has 1 N–H and O–H groups in total. The van der Waals surface area contributed by atoms with E-state index in [1.807, 2.05) is 7.05 Å². The van der Waals surface area contributed by atoms with Crippen molar-refractivity contribution in [2.75, 3.05) is 45.8 Å². The summed E-state index contributed by atoms with van der Waals surface area (Å²) < 4.78 is 56.9. The molecule has 1 aliphatic rings. The summed E-state index contributed by atoms with van der Waals surface area (Å²) in [6.07, 6.45) is -4.48. The molecule has 0 unspecified atom stereocenters. The van der Waals surface area contributed by atoms with Crippen LogP contribution in [-0.4, -0.2) is 61.4 Å². The molecule has 0 bridgehead atoms. The molecule has 0 aliphatic carbocycles. The molecule has 7 nitrogen and oxygen atoms in total. The maximum atomic E-state index is 13.2. The largest absolute Gasteiger partial charge is 0.493 e. The molecule has 0 saturated carbocycles. The maximum Gasteiger partial charge on any atom is 0.416 e. The number of methoxy groups -OCH3 is 1. The summed E-state index contributed by atoms with van der Waals surface area (Å²) in [5.41, 5.74) is 0.435. The van der Waals surface area contributed by atoms with E-state index in [0.29, 0.717) is 52.8 Å². The summed E-state index contributed by atoms with van der Waals surface area (Å²) in [4.78, 5) is 11.2. The zero-order chi connectivity index (χ0) is 25.2. The van der Waals surface area contributed by atoms with Gasteiger partial charge in [0.2, 0.25) is 0 Å². The second-order valence-electron chi connectivity index (χ2n) is 8.69. The molecule has 0 radical (unpaired) electrons. The van der Waals surface area contributed by atoms with Gasteiger partial charge in [-0.1, -0.05) is 12.1 Å². The summed E-state index contributed by atoms with van der Waals surface area (Å²) in [6, 6.07) is 8.39. The highest BCUT2D eigenvalue weighted by Crippen LogP contribution is 2.36. The molecule has 1 fully saturated rings. The summed E-state index contributed by atoms with van der Waals surface area (Å²) >= 11 is 0. The summed E-state index contributed by atoms with van der Waals surface area (Å²) in [6.45, 7) is 6.19. The second kappa shape index (κ2) is 10.2. The fourth-order valence-corrected chi connectivity index (χ4v) is 4.06. The predicted molar refractivity (Wildman–Crippen MR) is 127 cm³/mol. The lowest BCUT2D eigenvalue weighted by atomic mass is 10.0. The van der Waals surface area contributed by atoms with Gasteiger partial charge in [-0.3, -0.25) is 0 Å². The minimum absolute atomic E-state index is 0.0676. The molecule has 1 aromatic heterocycles. The Bertz CT molecular complexity index is 1190. The van der Waals surface area contributed by atoms with Crippen molar-refractivity contribution in [3.63, 3.8) is 0 Å². The smallest absolute Gasteiger partial charge is 0.416 e. The van der Waals surface area contributed by atoms with Gasteiger partial charge < -0.3 is 24.4 Å². The van der Waals surface area contributed by atoms with E-state index in [1.54, 1.807) is 39.2 Å². The van der Waals surface area contributed by atoms with Crippen molar-refractivity contribution in [3.8, 4) is 11.5 Å². The van der Waals surface area contributed by atoms with E-state index in [1.165, 1.54) is 6.07 Å². The number of nitrogens with zero attached hydrogens (tertiary/aromatic N) is 3. The molecule has 35 heavy (non-hydrogen) atoms. The molecule has 2 atom stereocenters. The zero-order valence-electron chi connectivity index (χ0n) is 20.1. The molecule has 0 amide bonds. The summed E-state index contributed by atoms with van der Waals surface area (Å²) in [5, 5.41) is 3.92. The third-order valence-corrected chi connectivity index (χ3v) is 5.93. The number of rotatable bonds is 7. The lowest BCUT2D eigenvalue weighted by Crippen LogP contribution is -2.42. The Kier molecular flexibility index (Phi) is 7.32. The molecule has 2 heterocycles. The van der Waals surface area contributed by atoms with Gasteiger partial charge >= 0.3 is 6.18 Å². The number of fused-ring (bicyclic) bond motifs is 1. The van der Waals surface area contributed by atoms with Crippen molar-refractivity contribution < 1.29 is 27.4 Å². The van der Waals surface area contributed by atoms with Crippen molar-refractivity contribution in [3.05, 3.63) is 53.3 Å². The zero-order valence-corrected chi connectivity index (χ0v) is 20.1. The third kappa shape index (κ3) is 5.94. The predicted octanol–water partition coefficient (Wildman–Crippen LogP) is 4.85. The van der Waals surface area contributed by atoms with Crippen LogP contribution in [0.15, 0.2) is 36.4 Å². The normalized spacial score (nSPS) is 17.9. The third-order valence-electron chi connectivity index (χ3n) is 5.93. The van der Waals surface area contributed by atoms with Crippen LogP contribution in [0, 0.1) is 6.92 Å². The van der Waals surface area contributed by atoms with Crippen LogP contribution in [0.1, 0.15) is 29.9 Å². The first kappa shape index (κ1) is 25.0. The molecule has 1 saturated heterocycles. The first-order valence-corrected chi connectivity index (χ1v) is 11.4. The molecular weight excluding hydrogens is 461 g/mol. The number of anilines is 1.